The molecule has 0 spiro atoms. The summed E-state index contributed by atoms with van der Waals surface area (Å²) in [5, 5.41) is 8.17. The van der Waals surface area contributed by atoms with Gasteiger partial charge in [0.2, 0.25) is 12.0 Å². The number of anilines is 1. The predicted octanol–water partition coefficient (Wildman–Crippen LogP) is 5.77. The molecule has 2 unspecified atom stereocenters. The molecule has 4 rings (SSSR count). The summed E-state index contributed by atoms with van der Waals surface area (Å²) in [6.07, 6.45) is -0.814. The third-order valence-electron chi connectivity index (χ3n) is 5.20. The number of hydrogen-bond acceptors (Lipinski definition) is 5. The molecule has 0 aliphatic heterocycles. The fourth-order valence-corrected chi connectivity index (χ4v) is 4.22. The first-order chi connectivity index (χ1) is 16.5. The number of aromatic nitrogens is 1. The maximum absolute atomic E-state index is 13.2. The number of rotatable bonds is 8. The Morgan fingerprint density at radius 3 is 2.18 bits per heavy atom. The van der Waals surface area contributed by atoms with Gasteiger partial charge in [0.05, 0.1) is 11.7 Å². The second-order valence-electron chi connectivity index (χ2n) is 7.79. The van der Waals surface area contributed by atoms with Crippen molar-refractivity contribution in [2.45, 2.75) is 26.0 Å². The number of thiazole rings is 1. The van der Waals surface area contributed by atoms with Crippen LogP contribution in [0.15, 0.2) is 90.3 Å². The molecule has 2 amide bonds. The van der Waals surface area contributed by atoms with Gasteiger partial charge in [0.25, 0.3) is 5.91 Å². The average molecular weight is 472 g/mol. The van der Waals surface area contributed by atoms with Gasteiger partial charge in [-0.05, 0) is 24.6 Å². The van der Waals surface area contributed by atoms with Crippen LogP contribution >= 0.6 is 11.3 Å². The summed E-state index contributed by atoms with van der Waals surface area (Å²) in [6, 6.07) is 26.4. The lowest BCUT2D eigenvalue weighted by atomic mass is 10.1. The number of nitrogens with zero attached hydrogens (tertiary/aromatic N) is 1. The highest BCUT2D eigenvalue weighted by molar-refractivity contribution is 7.14. The van der Waals surface area contributed by atoms with Crippen molar-refractivity contribution in [1.82, 2.24) is 10.3 Å². The molecule has 3 aromatic carbocycles. The number of carbonyl (C=O) groups is 2. The molecule has 0 fully saturated rings. The van der Waals surface area contributed by atoms with Crippen LogP contribution in [-0.4, -0.2) is 16.8 Å². The van der Waals surface area contributed by atoms with Gasteiger partial charge in [0.1, 0.15) is 5.75 Å². The quantitative estimate of drug-likeness (QED) is 0.342. The van der Waals surface area contributed by atoms with Crippen LogP contribution < -0.4 is 15.4 Å². The average Bonchev–Trinajstić information content (AvgIpc) is 3.32. The van der Waals surface area contributed by atoms with E-state index in [1.807, 2.05) is 97.2 Å². The first-order valence-corrected chi connectivity index (χ1v) is 11.8. The molecular formula is C27H25N3O3S. The standard InChI is InChI=1S/C27H25N3O3S/c1-18(28-19(2)31)20-13-15-21(16-14-20)24-17-34-27(29-24)30-26(32)25(22-9-5-3-6-10-22)33-23-11-7-4-8-12-23/h3-18,25H,1-2H3,(H,28,31)(H,29,30,32). The van der Waals surface area contributed by atoms with Crippen molar-refractivity contribution in [2.24, 2.45) is 0 Å². The highest BCUT2D eigenvalue weighted by atomic mass is 32.1. The Kier molecular flexibility index (Phi) is 7.34. The summed E-state index contributed by atoms with van der Waals surface area (Å²) < 4.78 is 6.02. The van der Waals surface area contributed by atoms with E-state index in [0.717, 1.165) is 22.4 Å². The monoisotopic (exact) mass is 471 g/mol. The second kappa shape index (κ2) is 10.8. The van der Waals surface area contributed by atoms with E-state index in [0.29, 0.717) is 10.9 Å². The van der Waals surface area contributed by atoms with Crippen molar-refractivity contribution in [3.63, 3.8) is 0 Å². The fraction of sp³-hybridized carbons (Fsp3) is 0.148. The molecule has 4 aromatic rings. The van der Waals surface area contributed by atoms with E-state index in [4.69, 9.17) is 4.74 Å². The Balaban J connectivity index is 1.48. The molecule has 0 aliphatic carbocycles. The third kappa shape index (κ3) is 5.88. The highest BCUT2D eigenvalue weighted by Gasteiger charge is 2.24. The Morgan fingerprint density at radius 1 is 0.882 bits per heavy atom. The summed E-state index contributed by atoms with van der Waals surface area (Å²) in [5.41, 5.74) is 3.45. The normalized spacial score (nSPS) is 12.4. The lowest BCUT2D eigenvalue weighted by Crippen LogP contribution is -2.25. The van der Waals surface area contributed by atoms with Crippen molar-refractivity contribution >= 4 is 28.3 Å². The maximum Gasteiger partial charge on any atom is 0.271 e. The van der Waals surface area contributed by atoms with E-state index in [1.165, 1.54) is 18.3 Å². The molecule has 0 saturated carbocycles. The molecule has 1 heterocycles. The first kappa shape index (κ1) is 23.2. The Bertz CT molecular complexity index is 1240. The molecule has 2 atom stereocenters. The summed E-state index contributed by atoms with van der Waals surface area (Å²) in [4.78, 5) is 29.0. The molecule has 2 N–H and O–H groups in total. The van der Waals surface area contributed by atoms with Crippen LogP contribution in [0.2, 0.25) is 0 Å². The van der Waals surface area contributed by atoms with Crippen LogP contribution in [0.5, 0.6) is 5.75 Å². The van der Waals surface area contributed by atoms with Crippen molar-refractivity contribution in [3.8, 4) is 17.0 Å². The predicted molar refractivity (Wildman–Crippen MR) is 135 cm³/mol. The zero-order valence-electron chi connectivity index (χ0n) is 18.9. The lowest BCUT2D eigenvalue weighted by molar-refractivity contribution is -0.123. The third-order valence-corrected chi connectivity index (χ3v) is 5.96. The number of hydrogen-bond donors (Lipinski definition) is 2. The minimum atomic E-state index is -0.814. The second-order valence-corrected chi connectivity index (χ2v) is 8.65. The van der Waals surface area contributed by atoms with E-state index >= 15 is 0 Å². The number of ether oxygens (including phenoxy) is 1. The molecule has 0 saturated heterocycles. The van der Waals surface area contributed by atoms with Gasteiger partial charge in [0.15, 0.2) is 5.13 Å². The Morgan fingerprint density at radius 2 is 1.53 bits per heavy atom. The number of carbonyl (C=O) groups excluding carboxylic acids is 2. The summed E-state index contributed by atoms with van der Waals surface area (Å²) >= 11 is 1.35. The van der Waals surface area contributed by atoms with Gasteiger partial charge in [-0.1, -0.05) is 72.8 Å². The van der Waals surface area contributed by atoms with Gasteiger partial charge in [-0.3, -0.25) is 14.9 Å². The molecule has 1 aromatic heterocycles. The van der Waals surface area contributed by atoms with Crippen molar-refractivity contribution in [1.29, 1.82) is 0 Å². The zero-order chi connectivity index (χ0) is 23.9. The topological polar surface area (TPSA) is 80.3 Å². The van der Waals surface area contributed by atoms with Gasteiger partial charge in [-0.2, -0.15) is 0 Å². The highest BCUT2D eigenvalue weighted by Crippen LogP contribution is 2.28. The van der Waals surface area contributed by atoms with Crippen LogP contribution in [0.1, 0.15) is 37.1 Å². The van der Waals surface area contributed by atoms with Crippen molar-refractivity contribution in [3.05, 3.63) is 101 Å². The van der Waals surface area contributed by atoms with E-state index in [-0.39, 0.29) is 17.9 Å². The maximum atomic E-state index is 13.2. The van der Waals surface area contributed by atoms with Crippen molar-refractivity contribution < 1.29 is 14.3 Å². The van der Waals surface area contributed by atoms with E-state index in [2.05, 4.69) is 15.6 Å². The van der Waals surface area contributed by atoms with Crippen LogP contribution in [-0.2, 0) is 9.59 Å². The number of nitrogens with one attached hydrogen (secondary N) is 2. The van der Waals surface area contributed by atoms with Crippen LogP contribution in [0.25, 0.3) is 11.3 Å². The molecule has 34 heavy (non-hydrogen) atoms. The SMILES string of the molecule is CC(=O)NC(C)c1ccc(-c2csc(NC(=O)C(Oc3ccccc3)c3ccccc3)n2)cc1. The van der Waals surface area contributed by atoms with Gasteiger partial charge < -0.3 is 10.1 Å². The molecule has 6 nitrogen and oxygen atoms in total. The summed E-state index contributed by atoms with van der Waals surface area (Å²) in [5.74, 6) is 0.247. The Labute approximate surface area is 202 Å². The molecule has 0 bridgehead atoms. The van der Waals surface area contributed by atoms with Gasteiger partial charge in [-0.25, -0.2) is 4.98 Å². The lowest BCUT2D eigenvalue weighted by Gasteiger charge is -2.18. The largest absolute Gasteiger partial charge is 0.476 e. The number of amides is 2. The number of para-hydroxylation sites is 1. The van der Waals surface area contributed by atoms with Gasteiger partial charge in [-0.15, -0.1) is 11.3 Å². The molecule has 172 valence electrons. The van der Waals surface area contributed by atoms with Crippen LogP contribution in [0.3, 0.4) is 0 Å². The molecule has 0 radical (unpaired) electrons. The number of benzene rings is 3. The molecular weight excluding hydrogens is 446 g/mol. The minimum absolute atomic E-state index is 0.0680. The molecule has 0 aliphatic rings. The molecule has 7 heteroatoms. The van der Waals surface area contributed by atoms with Gasteiger partial charge >= 0.3 is 0 Å². The summed E-state index contributed by atoms with van der Waals surface area (Å²) in [6.45, 7) is 3.44. The van der Waals surface area contributed by atoms with E-state index in [1.54, 1.807) is 0 Å². The summed E-state index contributed by atoms with van der Waals surface area (Å²) in [7, 11) is 0. The van der Waals surface area contributed by atoms with E-state index < -0.39 is 6.10 Å². The van der Waals surface area contributed by atoms with Crippen molar-refractivity contribution in [2.75, 3.05) is 5.32 Å². The van der Waals surface area contributed by atoms with E-state index in [9.17, 15) is 9.59 Å². The zero-order valence-corrected chi connectivity index (χ0v) is 19.7. The first-order valence-electron chi connectivity index (χ1n) is 10.9. The van der Waals surface area contributed by atoms with Gasteiger partial charge in [0, 0.05) is 23.4 Å². The van der Waals surface area contributed by atoms with Crippen LogP contribution in [0, 0.1) is 0 Å². The Hall–Kier alpha value is -3.97. The van der Waals surface area contributed by atoms with Crippen LogP contribution in [0.4, 0.5) is 5.13 Å². The smallest absolute Gasteiger partial charge is 0.271 e. The fourth-order valence-electron chi connectivity index (χ4n) is 3.50. The minimum Gasteiger partial charge on any atom is -0.476 e.